The number of carboxylic acids is 1. The van der Waals surface area contributed by atoms with Crippen LogP contribution in [0.4, 0.5) is 5.69 Å². The highest BCUT2D eigenvalue weighted by atomic mass is 35.5. The smallest absolute Gasteiger partial charge is 0.307 e. The van der Waals surface area contributed by atoms with Gasteiger partial charge < -0.3 is 15.8 Å². The normalized spacial score (nSPS) is 10.9. The summed E-state index contributed by atoms with van der Waals surface area (Å²) < 4.78 is 0. The Morgan fingerprint density at radius 2 is 2.10 bits per heavy atom. The first-order chi connectivity index (χ1) is 9.81. The van der Waals surface area contributed by atoms with Crippen LogP contribution in [0.2, 0.25) is 5.02 Å². The number of anilines is 1. The van der Waals surface area contributed by atoms with Gasteiger partial charge in [-0.1, -0.05) is 23.8 Å². The number of carboxylic acid groups (broad SMARTS) is 1. The number of aliphatic carboxylic acids is 1. The lowest BCUT2D eigenvalue weighted by Gasteiger charge is -2.07. The zero-order chi connectivity index (χ0) is 16.0. The van der Waals surface area contributed by atoms with Crippen LogP contribution in [-0.2, 0) is 9.59 Å². The summed E-state index contributed by atoms with van der Waals surface area (Å²) in [7, 11) is 0. The topological polar surface area (TPSA) is 90.3 Å². The van der Waals surface area contributed by atoms with E-state index in [1.165, 1.54) is 6.08 Å². The monoisotopic (exact) mass is 306 g/mol. The van der Waals surface area contributed by atoms with Gasteiger partial charge in [-0.05, 0) is 37.3 Å². The summed E-state index contributed by atoms with van der Waals surface area (Å²) in [6.45, 7) is 4.98. The molecule has 0 heterocycles. The third-order valence-electron chi connectivity index (χ3n) is 2.48. The van der Waals surface area contributed by atoms with Gasteiger partial charge >= 0.3 is 5.97 Å². The standard InChI is InChI=1S/C15H15ClN2O3/c1-3-14(19)18-12-7-10(6-11(16)8-12)13(17)4-9(2)5-15(20)21/h3-4,6-8,17H,1,5H2,2H3,(H,18,19)(H,20,21)/b9-4+,17-13?. The van der Waals surface area contributed by atoms with Gasteiger partial charge in [0.25, 0.3) is 0 Å². The van der Waals surface area contributed by atoms with Crippen molar-refractivity contribution >= 4 is 34.9 Å². The van der Waals surface area contributed by atoms with E-state index in [2.05, 4.69) is 11.9 Å². The summed E-state index contributed by atoms with van der Waals surface area (Å²) >= 11 is 5.95. The Bertz CT molecular complexity index is 636. The molecular weight excluding hydrogens is 292 g/mol. The minimum atomic E-state index is -0.957. The fourth-order valence-electron chi connectivity index (χ4n) is 1.63. The van der Waals surface area contributed by atoms with Crippen LogP contribution in [0.3, 0.4) is 0 Å². The lowest BCUT2D eigenvalue weighted by Crippen LogP contribution is -2.08. The molecule has 1 aromatic carbocycles. The van der Waals surface area contributed by atoms with E-state index in [9.17, 15) is 9.59 Å². The van der Waals surface area contributed by atoms with Crippen LogP contribution in [0.15, 0.2) is 42.5 Å². The Kier molecular flexibility index (Phi) is 5.87. The van der Waals surface area contributed by atoms with Crippen molar-refractivity contribution in [2.45, 2.75) is 13.3 Å². The maximum absolute atomic E-state index is 11.3. The minimum absolute atomic E-state index is 0.116. The zero-order valence-electron chi connectivity index (χ0n) is 11.4. The molecule has 0 atom stereocenters. The van der Waals surface area contributed by atoms with E-state index in [0.717, 1.165) is 6.08 Å². The summed E-state index contributed by atoms with van der Waals surface area (Å²) in [6.07, 6.45) is 2.45. The first kappa shape index (κ1) is 16.7. The van der Waals surface area contributed by atoms with Gasteiger partial charge in [0.1, 0.15) is 0 Å². The van der Waals surface area contributed by atoms with E-state index in [-0.39, 0.29) is 18.0 Å². The van der Waals surface area contributed by atoms with Crippen LogP contribution in [0, 0.1) is 5.41 Å². The van der Waals surface area contributed by atoms with Gasteiger partial charge in [-0.2, -0.15) is 0 Å². The van der Waals surface area contributed by atoms with Crippen LogP contribution < -0.4 is 5.32 Å². The van der Waals surface area contributed by atoms with Gasteiger partial charge in [-0.3, -0.25) is 9.59 Å². The number of hydrogen-bond donors (Lipinski definition) is 3. The van der Waals surface area contributed by atoms with Crippen LogP contribution in [0.25, 0.3) is 0 Å². The molecule has 0 aliphatic heterocycles. The molecule has 0 bridgehead atoms. The van der Waals surface area contributed by atoms with Gasteiger partial charge in [0.15, 0.2) is 0 Å². The second kappa shape index (κ2) is 7.40. The lowest BCUT2D eigenvalue weighted by molar-refractivity contribution is -0.136. The maximum Gasteiger partial charge on any atom is 0.307 e. The molecular formula is C15H15ClN2O3. The number of carbonyl (C=O) groups is 2. The van der Waals surface area contributed by atoms with Crippen molar-refractivity contribution in [2.75, 3.05) is 5.32 Å². The third-order valence-corrected chi connectivity index (χ3v) is 2.70. The number of allylic oxidation sites excluding steroid dienone is 1. The number of amides is 1. The van der Waals surface area contributed by atoms with E-state index in [4.69, 9.17) is 22.1 Å². The number of carbonyl (C=O) groups excluding carboxylic acids is 1. The molecule has 0 aliphatic carbocycles. The van der Waals surface area contributed by atoms with Crippen molar-refractivity contribution in [1.29, 1.82) is 5.41 Å². The van der Waals surface area contributed by atoms with Gasteiger partial charge in [0.05, 0.1) is 12.1 Å². The van der Waals surface area contributed by atoms with Crippen molar-refractivity contribution in [3.05, 3.63) is 53.1 Å². The van der Waals surface area contributed by atoms with Crippen molar-refractivity contribution in [1.82, 2.24) is 0 Å². The van der Waals surface area contributed by atoms with Gasteiger partial charge in [0.2, 0.25) is 5.91 Å². The quantitative estimate of drug-likeness (QED) is 0.556. The largest absolute Gasteiger partial charge is 0.481 e. The van der Waals surface area contributed by atoms with Crippen molar-refractivity contribution in [3.63, 3.8) is 0 Å². The molecule has 1 amide bonds. The summed E-state index contributed by atoms with van der Waals surface area (Å²) in [5.74, 6) is -1.34. The Morgan fingerprint density at radius 3 is 2.67 bits per heavy atom. The van der Waals surface area contributed by atoms with Crippen molar-refractivity contribution < 1.29 is 14.7 Å². The number of nitrogens with one attached hydrogen (secondary N) is 2. The number of hydrogen-bond acceptors (Lipinski definition) is 3. The molecule has 110 valence electrons. The van der Waals surface area contributed by atoms with E-state index < -0.39 is 5.97 Å². The summed E-state index contributed by atoms with van der Waals surface area (Å²) in [5.41, 5.74) is 1.58. The first-order valence-corrected chi connectivity index (χ1v) is 6.41. The molecule has 1 aromatic rings. The molecule has 1 rings (SSSR count). The molecule has 0 saturated carbocycles. The SMILES string of the molecule is C=CC(=O)Nc1cc(Cl)cc(C(=N)/C=C(\C)CC(=O)O)c1. The maximum atomic E-state index is 11.3. The molecule has 21 heavy (non-hydrogen) atoms. The highest BCUT2D eigenvalue weighted by Gasteiger charge is 2.06. The number of rotatable bonds is 6. The minimum Gasteiger partial charge on any atom is -0.481 e. The van der Waals surface area contributed by atoms with E-state index in [0.29, 0.717) is 21.8 Å². The fraction of sp³-hybridized carbons (Fsp3) is 0.133. The van der Waals surface area contributed by atoms with Crippen LogP contribution in [0.1, 0.15) is 18.9 Å². The second-order valence-electron chi connectivity index (χ2n) is 4.40. The van der Waals surface area contributed by atoms with Crippen molar-refractivity contribution in [3.8, 4) is 0 Å². The second-order valence-corrected chi connectivity index (χ2v) is 4.83. The Hall–Kier alpha value is -2.40. The lowest BCUT2D eigenvalue weighted by atomic mass is 10.1. The number of halogens is 1. The molecule has 6 heteroatoms. The average Bonchev–Trinajstić information content (AvgIpc) is 2.36. The molecule has 0 saturated heterocycles. The van der Waals surface area contributed by atoms with E-state index in [1.54, 1.807) is 25.1 Å². The van der Waals surface area contributed by atoms with Crippen LogP contribution in [0.5, 0.6) is 0 Å². The molecule has 0 radical (unpaired) electrons. The summed E-state index contributed by atoms with van der Waals surface area (Å²) in [5, 5.41) is 19.6. The van der Waals surface area contributed by atoms with Crippen LogP contribution >= 0.6 is 11.6 Å². The zero-order valence-corrected chi connectivity index (χ0v) is 12.2. The summed E-state index contributed by atoms with van der Waals surface area (Å²) in [4.78, 5) is 21.9. The third kappa shape index (κ3) is 5.62. The predicted molar refractivity (Wildman–Crippen MR) is 83.1 cm³/mol. The van der Waals surface area contributed by atoms with Gasteiger partial charge in [-0.25, -0.2) is 0 Å². The highest BCUT2D eigenvalue weighted by molar-refractivity contribution is 6.31. The predicted octanol–water partition coefficient (Wildman–Crippen LogP) is 3.25. The highest BCUT2D eigenvalue weighted by Crippen LogP contribution is 2.20. The van der Waals surface area contributed by atoms with Crippen LogP contribution in [-0.4, -0.2) is 22.7 Å². The summed E-state index contributed by atoms with van der Waals surface area (Å²) in [6, 6.07) is 4.70. The first-order valence-electron chi connectivity index (χ1n) is 6.03. The van der Waals surface area contributed by atoms with Crippen molar-refractivity contribution in [2.24, 2.45) is 0 Å². The average molecular weight is 307 g/mol. The number of benzene rings is 1. The Labute approximate surface area is 127 Å². The van der Waals surface area contributed by atoms with Gasteiger partial charge in [0, 0.05) is 16.3 Å². The molecule has 0 aromatic heterocycles. The van der Waals surface area contributed by atoms with E-state index in [1.807, 2.05) is 0 Å². The fourth-order valence-corrected chi connectivity index (χ4v) is 1.86. The van der Waals surface area contributed by atoms with E-state index >= 15 is 0 Å². The molecule has 0 unspecified atom stereocenters. The molecule has 3 N–H and O–H groups in total. The molecule has 0 spiro atoms. The molecule has 5 nitrogen and oxygen atoms in total. The Morgan fingerprint density at radius 1 is 1.43 bits per heavy atom. The van der Waals surface area contributed by atoms with Gasteiger partial charge in [-0.15, -0.1) is 0 Å². The molecule has 0 aliphatic rings. The molecule has 0 fully saturated rings. The Balaban J connectivity index is 3.02.